The Morgan fingerprint density at radius 3 is 2.71 bits per heavy atom. The zero-order valence-electron chi connectivity index (χ0n) is 24.3. The first-order valence-electron chi connectivity index (χ1n) is 15.1. The summed E-state index contributed by atoms with van der Waals surface area (Å²) in [6.07, 6.45) is 5.40. The number of aryl methyl sites for hydroxylation is 2. The van der Waals surface area contributed by atoms with Crippen molar-refractivity contribution in [3.8, 4) is 16.9 Å². The number of carbonyl (C=O) groups excluding carboxylic acids is 2. The average Bonchev–Trinajstić information content (AvgIpc) is 3.40. The Balaban J connectivity index is 1.04. The first-order valence-corrected chi connectivity index (χ1v) is 15.1. The third kappa shape index (κ3) is 6.21. The molecule has 2 aliphatic rings. The van der Waals surface area contributed by atoms with E-state index in [1.165, 1.54) is 22.2 Å². The molecule has 1 atom stereocenters. The normalized spacial score (nSPS) is 16.6. The molecule has 2 aliphatic heterocycles. The molecule has 4 aromatic rings. The molecule has 0 saturated carbocycles. The zero-order valence-corrected chi connectivity index (χ0v) is 24.3. The number of nitrogens with zero attached hydrogens (tertiary/aromatic N) is 2. The van der Waals surface area contributed by atoms with E-state index in [1.54, 1.807) is 7.11 Å². The van der Waals surface area contributed by atoms with Crippen LogP contribution in [-0.2, 0) is 27.3 Å². The van der Waals surface area contributed by atoms with E-state index >= 15 is 0 Å². The molecular formula is C35H39N3O4. The van der Waals surface area contributed by atoms with E-state index in [0.29, 0.717) is 23.8 Å². The van der Waals surface area contributed by atoms with Gasteiger partial charge in [0, 0.05) is 56.9 Å². The van der Waals surface area contributed by atoms with Crippen molar-refractivity contribution < 1.29 is 19.1 Å². The van der Waals surface area contributed by atoms with Gasteiger partial charge in [0.2, 0.25) is 5.91 Å². The van der Waals surface area contributed by atoms with Gasteiger partial charge >= 0.3 is 0 Å². The molecule has 42 heavy (non-hydrogen) atoms. The van der Waals surface area contributed by atoms with E-state index in [4.69, 9.17) is 9.47 Å². The van der Waals surface area contributed by atoms with E-state index in [0.717, 1.165) is 69.5 Å². The number of ether oxygens (including phenoxy) is 2. The van der Waals surface area contributed by atoms with Crippen LogP contribution in [0, 0.1) is 0 Å². The summed E-state index contributed by atoms with van der Waals surface area (Å²) in [5, 5.41) is 4.10. The summed E-state index contributed by atoms with van der Waals surface area (Å²) >= 11 is 0. The van der Waals surface area contributed by atoms with Gasteiger partial charge < -0.3 is 24.3 Å². The highest BCUT2D eigenvalue weighted by atomic mass is 16.5. The van der Waals surface area contributed by atoms with Crippen molar-refractivity contribution in [3.05, 3.63) is 84.1 Å². The third-order valence-electron chi connectivity index (χ3n) is 8.52. The molecule has 2 amide bonds. The lowest BCUT2D eigenvalue weighted by atomic mass is 9.94. The Hall–Kier alpha value is -4.10. The van der Waals surface area contributed by atoms with Gasteiger partial charge in [-0.25, -0.2) is 0 Å². The van der Waals surface area contributed by atoms with Crippen LogP contribution in [0.2, 0.25) is 0 Å². The van der Waals surface area contributed by atoms with Crippen molar-refractivity contribution in [2.75, 3.05) is 38.7 Å². The minimum absolute atomic E-state index is 0.0473. The van der Waals surface area contributed by atoms with Crippen molar-refractivity contribution in [2.45, 2.75) is 51.0 Å². The minimum atomic E-state index is -0.129. The van der Waals surface area contributed by atoms with Gasteiger partial charge in [-0.15, -0.1) is 0 Å². The van der Waals surface area contributed by atoms with Gasteiger partial charge in [-0.2, -0.15) is 0 Å². The van der Waals surface area contributed by atoms with Crippen molar-refractivity contribution in [3.63, 3.8) is 0 Å². The van der Waals surface area contributed by atoms with E-state index in [2.05, 4.69) is 69.4 Å². The summed E-state index contributed by atoms with van der Waals surface area (Å²) in [6.45, 7) is 3.36. The van der Waals surface area contributed by atoms with Crippen LogP contribution >= 0.6 is 0 Å². The molecule has 3 heterocycles. The lowest BCUT2D eigenvalue weighted by molar-refractivity contribution is -0.132. The molecule has 6 rings (SSSR count). The molecule has 1 unspecified atom stereocenters. The van der Waals surface area contributed by atoms with E-state index in [-0.39, 0.29) is 18.4 Å². The number of methoxy groups -OCH3 is 1. The standard InChI is InChI=1S/C35H39N3O4/c1-41-20-6-19-38-31-10-3-2-8-28(31)21-32(38)29-9-5-18-37(23-29)35(40)11-4-7-25-12-14-26(15-13-25)27-16-17-30-33(22-27)42-24-34(39)36-30/h2-3,8,10,12-17,21-22,29H,4-7,9,11,18-20,23-24H2,1H3,(H,36,39). The lowest BCUT2D eigenvalue weighted by Gasteiger charge is -2.33. The summed E-state index contributed by atoms with van der Waals surface area (Å²) in [4.78, 5) is 26.9. The number of aromatic nitrogens is 1. The van der Waals surface area contributed by atoms with Gasteiger partial charge in [-0.3, -0.25) is 9.59 Å². The Labute approximate surface area is 247 Å². The highest BCUT2D eigenvalue weighted by Gasteiger charge is 2.27. The fourth-order valence-electron chi connectivity index (χ4n) is 6.35. The predicted octanol–water partition coefficient (Wildman–Crippen LogP) is 6.40. The lowest BCUT2D eigenvalue weighted by Crippen LogP contribution is -2.39. The Kier molecular flexibility index (Phi) is 8.56. The largest absolute Gasteiger partial charge is 0.482 e. The molecule has 0 aliphatic carbocycles. The van der Waals surface area contributed by atoms with Crippen LogP contribution in [0.5, 0.6) is 5.75 Å². The second kappa shape index (κ2) is 12.8. The maximum atomic E-state index is 13.3. The number of likely N-dealkylation sites (tertiary alicyclic amines) is 1. The number of benzene rings is 3. The smallest absolute Gasteiger partial charge is 0.262 e. The molecule has 0 spiro atoms. The highest BCUT2D eigenvalue weighted by Crippen LogP contribution is 2.34. The monoisotopic (exact) mass is 565 g/mol. The Bertz CT molecular complexity index is 1560. The molecule has 0 bridgehead atoms. The van der Waals surface area contributed by atoms with Crippen LogP contribution < -0.4 is 10.1 Å². The van der Waals surface area contributed by atoms with Crippen LogP contribution in [0.1, 0.15) is 49.3 Å². The summed E-state index contributed by atoms with van der Waals surface area (Å²) in [6, 6.07) is 25.3. The number of anilines is 1. The predicted molar refractivity (Wildman–Crippen MR) is 166 cm³/mol. The number of fused-ring (bicyclic) bond motifs is 2. The van der Waals surface area contributed by atoms with Crippen LogP contribution in [0.4, 0.5) is 5.69 Å². The molecule has 1 N–H and O–H groups in total. The fourth-order valence-corrected chi connectivity index (χ4v) is 6.35. The van der Waals surface area contributed by atoms with Gasteiger partial charge in [-0.05, 0) is 78.4 Å². The van der Waals surface area contributed by atoms with Crippen molar-refractivity contribution in [2.24, 2.45) is 0 Å². The molecule has 218 valence electrons. The molecular weight excluding hydrogens is 526 g/mol. The van der Waals surface area contributed by atoms with Crippen LogP contribution in [-0.4, -0.2) is 54.7 Å². The maximum absolute atomic E-state index is 13.3. The number of piperidine rings is 1. The molecule has 0 radical (unpaired) electrons. The van der Waals surface area contributed by atoms with Gasteiger partial charge in [0.05, 0.1) is 5.69 Å². The second-order valence-electron chi connectivity index (χ2n) is 11.4. The molecule has 1 fully saturated rings. The van der Waals surface area contributed by atoms with E-state index < -0.39 is 0 Å². The van der Waals surface area contributed by atoms with Crippen LogP contribution in [0.3, 0.4) is 0 Å². The first-order chi connectivity index (χ1) is 20.6. The molecule has 3 aromatic carbocycles. The number of hydrogen-bond acceptors (Lipinski definition) is 4. The number of para-hydroxylation sites is 1. The van der Waals surface area contributed by atoms with Gasteiger partial charge in [-0.1, -0.05) is 48.5 Å². The quantitative estimate of drug-likeness (QED) is 0.226. The van der Waals surface area contributed by atoms with Crippen molar-refractivity contribution >= 4 is 28.4 Å². The van der Waals surface area contributed by atoms with Crippen molar-refractivity contribution in [1.82, 2.24) is 9.47 Å². The number of nitrogens with one attached hydrogen (secondary N) is 1. The van der Waals surface area contributed by atoms with Gasteiger partial charge in [0.1, 0.15) is 5.75 Å². The summed E-state index contributed by atoms with van der Waals surface area (Å²) in [5.41, 5.74) is 6.69. The summed E-state index contributed by atoms with van der Waals surface area (Å²) < 4.78 is 13.3. The summed E-state index contributed by atoms with van der Waals surface area (Å²) in [7, 11) is 1.75. The number of amides is 2. The molecule has 7 nitrogen and oxygen atoms in total. The minimum Gasteiger partial charge on any atom is -0.482 e. The third-order valence-corrected chi connectivity index (χ3v) is 8.52. The fraction of sp³-hybridized carbons (Fsp3) is 0.371. The van der Waals surface area contributed by atoms with Crippen molar-refractivity contribution in [1.29, 1.82) is 0 Å². The number of carbonyl (C=O) groups is 2. The Morgan fingerprint density at radius 1 is 1.02 bits per heavy atom. The van der Waals surface area contributed by atoms with Crippen LogP contribution in [0.15, 0.2) is 72.8 Å². The maximum Gasteiger partial charge on any atom is 0.262 e. The Morgan fingerprint density at radius 2 is 1.86 bits per heavy atom. The first kappa shape index (κ1) is 28.0. The molecule has 1 aromatic heterocycles. The highest BCUT2D eigenvalue weighted by molar-refractivity contribution is 5.96. The zero-order chi connectivity index (χ0) is 28.9. The average molecular weight is 566 g/mol. The van der Waals surface area contributed by atoms with E-state index in [9.17, 15) is 9.59 Å². The molecule has 7 heteroatoms. The van der Waals surface area contributed by atoms with Gasteiger partial charge in [0.15, 0.2) is 6.61 Å². The van der Waals surface area contributed by atoms with Gasteiger partial charge in [0.25, 0.3) is 5.91 Å². The number of rotatable bonds is 10. The van der Waals surface area contributed by atoms with E-state index in [1.807, 2.05) is 18.2 Å². The molecule has 1 saturated heterocycles. The van der Waals surface area contributed by atoms with Crippen LogP contribution in [0.25, 0.3) is 22.0 Å². The number of hydrogen-bond donors (Lipinski definition) is 1. The summed E-state index contributed by atoms with van der Waals surface area (Å²) in [5.74, 6) is 1.19. The SMILES string of the molecule is COCCCn1c(C2CCCN(C(=O)CCCc3ccc(-c4ccc5c(c4)OCC(=O)N5)cc3)C2)cc2ccccc21. The topological polar surface area (TPSA) is 72.8 Å². The second-order valence-corrected chi connectivity index (χ2v) is 11.4.